The van der Waals surface area contributed by atoms with E-state index >= 15 is 0 Å². The van der Waals surface area contributed by atoms with Gasteiger partial charge in [0.2, 0.25) is 0 Å². The van der Waals surface area contributed by atoms with E-state index in [4.69, 9.17) is 19.2 Å². The Morgan fingerprint density at radius 2 is 1.11 bits per heavy atom. The SMILES string of the molecule is COC(=O)N[C@@H](C(=O)N1CCC[C@H]1c1ncc(-c2ccc(COCc3cccc(-c4cnc([C@@H]5CCCN5C(=O)[C@H](NC(=O)OC)c5ccccc5)[nH]4)c3)cc2)[nH]1)c1ccccc1. The fourth-order valence-corrected chi connectivity index (χ4v) is 8.38. The topological polar surface area (TPSA) is 184 Å². The third-order valence-corrected chi connectivity index (χ3v) is 11.6. The molecule has 2 fully saturated rings. The highest BCUT2D eigenvalue weighted by molar-refractivity contribution is 5.88. The average Bonchev–Trinajstić information content (AvgIpc) is 4.18. The summed E-state index contributed by atoms with van der Waals surface area (Å²) in [6, 6.07) is 32.2. The van der Waals surface area contributed by atoms with E-state index in [-0.39, 0.29) is 23.9 Å². The number of H-pyrrole nitrogens is 2. The van der Waals surface area contributed by atoms with Crippen molar-refractivity contribution in [1.29, 1.82) is 0 Å². The first-order chi connectivity index (χ1) is 30.8. The Balaban J connectivity index is 0.867. The third kappa shape index (κ3) is 9.79. The molecule has 0 bridgehead atoms. The number of likely N-dealkylation sites (tertiary alicyclic amines) is 2. The molecule has 63 heavy (non-hydrogen) atoms. The number of hydrogen-bond donors (Lipinski definition) is 4. The Kier molecular flexibility index (Phi) is 13.2. The van der Waals surface area contributed by atoms with Crippen LogP contribution in [0.3, 0.4) is 0 Å². The predicted octanol–water partition coefficient (Wildman–Crippen LogP) is 7.71. The fraction of sp³-hybridized carbons (Fsp3) is 0.292. The van der Waals surface area contributed by atoms with E-state index in [0.29, 0.717) is 49.1 Å². The van der Waals surface area contributed by atoms with Gasteiger partial charge >= 0.3 is 12.2 Å². The lowest BCUT2D eigenvalue weighted by Crippen LogP contribution is -2.42. The number of aromatic nitrogens is 4. The molecule has 0 radical (unpaired) electrons. The van der Waals surface area contributed by atoms with Crippen LogP contribution in [0.15, 0.2) is 122 Å². The van der Waals surface area contributed by atoms with E-state index in [2.05, 4.69) is 31.7 Å². The molecule has 4 amide bonds. The number of benzene rings is 4. The van der Waals surface area contributed by atoms with Gasteiger partial charge in [-0.05, 0) is 65.1 Å². The van der Waals surface area contributed by atoms with Gasteiger partial charge in [-0.1, -0.05) is 103 Å². The lowest BCUT2D eigenvalue weighted by atomic mass is 10.1. The molecule has 2 aromatic heterocycles. The molecular formula is C48H50N8O7. The van der Waals surface area contributed by atoms with Gasteiger partial charge in [0.25, 0.3) is 11.8 Å². The normalized spacial score (nSPS) is 16.9. The standard InChI is InChI=1S/C48H50N8O7/c1-61-47(59)53-41(34-13-5-3-6-14-34)45(57)55-24-10-18-39(55)43-49-27-37(51-43)33-22-20-31(21-23-33)29-63-30-32-12-9-17-36(26-32)38-28-50-44(52-38)40-19-11-25-56(40)46(58)42(54-48(60)62-2)35-15-7-4-8-16-35/h3-9,12-17,20-23,26-28,39-42H,10-11,18-19,24-25,29-30H2,1-2H3,(H,49,51)(H,50,52)(H,53,59)(H,54,60)/t39-,40-,41+,42+/m0/s1. The summed E-state index contributed by atoms with van der Waals surface area (Å²) in [5.41, 5.74) is 6.92. The molecule has 4 aromatic carbocycles. The predicted molar refractivity (Wildman–Crippen MR) is 233 cm³/mol. The van der Waals surface area contributed by atoms with Crippen molar-refractivity contribution in [2.24, 2.45) is 0 Å². The van der Waals surface area contributed by atoms with E-state index in [0.717, 1.165) is 59.3 Å². The van der Waals surface area contributed by atoms with Crippen LogP contribution in [0.4, 0.5) is 9.59 Å². The molecule has 4 atom stereocenters. The van der Waals surface area contributed by atoms with Gasteiger partial charge in [0, 0.05) is 13.1 Å². The van der Waals surface area contributed by atoms with Crippen LogP contribution in [0.2, 0.25) is 0 Å². The zero-order chi connectivity index (χ0) is 43.7. The lowest BCUT2D eigenvalue weighted by Gasteiger charge is -2.28. The van der Waals surface area contributed by atoms with Gasteiger partial charge < -0.3 is 44.6 Å². The Hall–Kier alpha value is -7.26. The minimum absolute atomic E-state index is 0.217. The van der Waals surface area contributed by atoms with Crippen LogP contribution in [-0.2, 0) is 37.0 Å². The number of rotatable bonds is 14. The summed E-state index contributed by atoms with van der Waals surface area (Å²) in [4.78, 5) is 72.1. The van der Waals surface area contributed by atoms with E-state index in [1.165, 1.54) is 14.2 Å². The van der Waals surface area contributed by atoms with Gasteiger partial charge in [-0.15, -0.1) is 0 Å². The van der Waals surface area contributed by atoms with E-state index < -0.39 is 24.3 Å². The van der Waals surface area contributed by atoms with Gasteiger partial charge in [0.15, 0.2) is 0 Å². The number of methoxy groups -OCH3 is 2. The Morgan fingerprint density at radius 3 is 1.62 bits per heavy atom. The van der Waals surface area contributed by atoms with Crippen molar-refractivity contribution >= 4 is 24.0 Å². The van der Waals surface area contributed by atoms with Gasteiger partial charge in [0.05, 0.1) is 63.3 Å². The monoisotopic (exact) mass is 850 g/mol. The molecule has 15 heteroatoms. The largest absolute Gasteiger partial charge is 0.453 e. The minimum atomic E-state index is -0.888. The first-order valence-electron chi connectivity index (χ1n) is 21.1. The summed E-state index contributed by atoms with van der Waals surface area (Å²) in [6.45, 7) is 1.91. The van der Waals surface area contributed by atoms with Crippen molar-refractivity contribution in [2.45, 2.75) is 63.1 Å². The van der Waals surface area contributed by atoms with Gasteiger partial charge in [-0.25, -0.2) is 19.6 Å². The van der Waals surface area contributed by atoms with Crippen molar-refractivity contribution in [3.8, 4) is 22.5 Å². The van der Waals surface area contributed by atoms with Crippen LogP contribution in [0.1, 0.15) is 83.8 Å². The maximum atomic E-state index is 13.9. The Labute approximate surface area is 365 Å². The van der Waals surface area contributed by atoms with Crippen LogP contribution in [-0.4, -0.2) is 81.0 Å². The van der Waals surface area contributed by atoms with Crippen molar-refractivity contribution in [2.75, 3.05) is 27.3 Å². The molecule has 2 aliphatic rings. The molecule has 0 spiro atoms. The highest BCUT2D eigenvalue weighted by Crippen LogP contribution is 2.36. The molecular weight excluding hydrogens is 801 g/mol. The summed E-state index contributed by atoms with van der Waals surface area (Å²) in [5, 5.41) is 5.42. The molecule has 6 aromatic rings. The number of alkyl carbamates (subject to hydrolysis) is 2. The van der Waals surface area contributed by atoms with Crippen LogP contribution in [0.5, 0.6) is 0 Å². The molecule has 2 saturated heterocycles. The summed E-state index contributed by atoms with van der Waals surface area (Å²) >= 11 is 0. The van der Waals surface area contributed by atoms with Crippen LogP contribution in [0.25, 0.3) is 22.5 Å². The number of hydrogen-bond acceptors (Lipinski definition) is 9. The molecule has 4 heterocycles. The zero-order valence-corrected chi connectivity index (χ0v) is 35.2. The van der Waals surface area contributed by atoms with Crippen LogP contribution in [0, 0.1) is 0 Å². The molecule has 8 rings (SSSR count). The second-order valence-electron chi connectivity index (χ2n) is 15.6. The average molecular weight is 851 g/mol. The number of nitrogens with one attached hydrogen (secondary N) is 4. The van der Waals surface area contributed by atoms with E-state index in [1.54, 1.807) is 22.2 Å². The first-order valence-corrected chi connectivity index (χ1v) is 21.1. The maximum Gasteiger partial charge on any atom is 0.407 e. The zero-order valence-electron chi connectivity index (χ0n) is 35.2. The number of carbonyl (C=O) groups is 4. The Morgan fingerprint density at radius 1 is 0.619 bits per heavy atom. The van der Waals surface area contributed by atoms with Gasteiger partial charge in [-0.3, -0.25) is 9.59 Å². The molecule has 15 nitrogen and oxygen atoms in total. The van der Waals surface area contributed by atoms with E-state index in [9.17, 15) is 19.2 Å². The molecule has 0 saturated carbocycles. The van der Waals surface area contributed by atoms with Gasteiger partial charge in [-0.2, -0.15) is 0 Å². The highest BCUT2D eigenvalue weighted by Gasteiger charge is 2.38. The molecule has 4 N–H and O–H groups in total. The summed E-state index contributed by atoms with van der Waals surface area (Å²) in [5.74, 6) is 0.947. The van der Waals surface area contributed by atoms with Gasteiger partial charge in [0.1, 0.15) is 23.7 Å². The molecule has 2 aliphatic heterocycles. The second kappa shape index (κ2) is 19.6. The summed E-state index contributed by atoms with van der Waals surface area (Å²) in [7, 11) is 2.56. The Bertz CT molecular complexity index is 2510. The van der Waals surface area contributed by atoms with E-state index in [1.807, 2.05) is 103 Å². The fourth-order valence-electron chi connectivity index (χ4n) is 8.38. The highest BCUT2D eigenvalue weighted by atomic mass is 16.5. The number of aromatic amines is 2. The third-order valence-electron chi connectivity index (χ3n) is 11.6. The summed E-state index contributed by atoms with van der Waals surface area (Å²) < 4.78 is 15.8. The first kappa shape index (κ1) is 42.4. The number of ether oxygens (including phenoxy) is 3. The number of carbonyl (C=O) groups excluding carboxylic acids is 4. The van der Waals surface area contributed by atoms with Crippen molar-refractivity contribution in [3.05, 3.63) is 155 Å². The van der Waals surface area contributed by atoms with Crippen molar-refractivity contribution < 1.29 is 33.4 Å². The molecule has 324 valence electrons. The smallest absolute Gasteiger partial charge is 0.407 e. The van der Waals surface area contributed by atoms with Crippen LogP contribution >= 0.6 is 0 Å². The summed E-state index contributed by atoms with van der Waals surface area (Å²) in [6.07, 6.45) is 5.34. The molecule has 0 aliphatic carbocycles. The number of nitrogens with zero attached hydrogens (tertiary/aromatic N) is 4. The maximum absolute atomic E-state index is 13.9. The quantitative estimate of drug-likeness (QED) is 0.0853. The van der Waals surface area contributed by atoms with Crippen molar-refractivity contribution in [1.82, 2.24) is 40.4 Å². The number of imidazole rings is 2. The lowest BCUT2D eigenvalue weighted by molar-refractivity contribution is -0.135. The van der Waals surface area contributed by atoms with Crippen LogP contribution < -0.4 is 10.6 Å². The minimum Gasteiger partial charge on any atom is -0.453 e. The molecule has 0 unspecified atom stereocenters. The van der Waals surface area contributed by atoms with Crippen molar-refractivity contribution in [3.63, 3.8) is 0 Å². The second-order valence-corrected chi connectivity index (χ2v) is 15.6. The number of amides is 4.